The van der Waals surface area contributed by atoms with Gasteiger partial charge in [-0.1, -0.05) is 37.8 Å². The van der Waals surface area contributed by atoms with Crippen LogP contribution in [0.2, 0.25) is 0 Å². The third kappa shape index (κ3) is 5.31. The van der Waals surface area contributed by atoms with Crippen LogP contribution in [0.3, 0.4) is 0 Å². The lowest BCUT2D eigenvalue weighted by atomic mass is 10.0. The Labute approximate surface area is 151 Å². The minimum Gasteiger partial charge on any atom is -0.341 e. The van der Waals surface area contributed by atoms with Gasteiger partial charge in [-0.2, -0.15) is 5.26 Å². The molecule has 0 spiro atoms. The monoisotopic (exact) mass is 339 g/mol. The fraction of sp³-hybridized carbons (Fsp3) is 0.619. The van der Waals surface area contributed by atoms with Gasteiger partial charge < -0.3 is 4.90 Å². The van der Waals surface area contributed by atoms with Crippen molar-refractivity contribution in [2.75, 3.05) is 26.2 Å². The molecular weight excluding hydrogens is 310 g/mol. The van der Waals surface area contributed by atoms with Crippen molar-refractivity contribution in [3.05, 3.63) is 35.4 Å². The first-order chi connectivity index (χ1) is 12.2. The zero-order chi connectivity index (χ0) is 17.5. The topological polar surface area (TPSA) is 47.3 Å². The highest BCUT2D eigenvalue weighted by atomic mass is 16.2. The first-order valence-corrected chi connectivity index (χ1v) is 9.74. The van der Waals surface area contributed by atoms with Gasteiger partial charge in [0.15, 0.2) is 0 Å². The second-order valence-corrected chi connectivity index (χ2v) is 7.51. The summed E-state index contributed by atoms with van der Waals surface area (Å²) in [7, 11) is 0. The summed E-state index contributed by atoms with van der Waals surface area (Å²) in [6.45, 7) is 4.52. The van der Waals surface area contributed by atoms with Crippen molar-refractivity contribution in [1.82, 2.24) is 9.80 Å². The van der Waals surface area contributed by atoms with Crippen molar-refractivity contribution in [2.45, 2.75) is 51.5 Å². The normalized spacial score (nSPS) is 19.6. The number of carbonyl (C=O) groups excluding carboxylic acids is 1. The van der Waals surface area contributed by atoms with Crippen LogP contribution in [0.1, 0.15) is 56.1 Å². The molecule has 1 aromatic rings. The lowest BCUT2D eigenvalue weighted by Crippen LogP contribution is -2.35. The molecule has 0 bridgehead atoms. The maximum absolute atomic E-state index is 12.5. The van der Waals surface area contributed by atoms with Crippen molar-refractivity contribution in [1.29, 1.82) is 5.26 Å². The van der Waals surface area contributed by atoms with Gasteiger partial charge in [-0.15, -0.1) is 0 Å². The second kappa shape index (κ2) is 9.01. The predicted octanol–water partition coefficient (Wildman–Crippen LogP) is 3.56. The predicted molar refractivity (Wildman–Crippen MR) is 98.8 cm³/mol. The Kier molecular flexibility index (Phi) is 6.47. The van der Waals surface area contributed by atoms with Crippen molar-refractivity contribution in [2.24, 2.45) is 5.92 Å². The molecule has 1 saturated heterocycles. The lowest BCUT2D eigenvalue weighted by molar-refractivity contribution is -0.131. The molecule has 1 saturated carbocycles. The lowest BCUT2D eigenvalue weighted by Gasteiger charge is -2.22. The van der Waals surface area contributed by atoms with E-state index in [0.29, 0.717) is 5.91 Å². The van der Waals surface area contributed by atoms with E-state index in [1.54, 1.807) is 0 Å². The summed E-state index contributed by atoms with van der Waals surface area (Å²) < 4.78 is 0. The highest BCUT2D eigenvalue weighted by molar-refractivity contribution is 5.76. The van der Waals surface area contributed by atoms with E-state index in [-0.39, 0.29) is 0 Å². The fourth-order valence-electron chi connectivity index (χ4n) is 4.16. The molecule has 4 nitrogen and oxygen atoms in total. The summed E-state index contributed by atoms with van der Waals surface area (Å²) in [6.07, 6.45) is 8.20. The van der Waals surface area contributed by atoms with Gasteiger partial charge in [-0.05, 0) is 36.5 Å². The van der Waals surface area contributed by atoms with Crippen LogP contribution in [0.25, 0.3) is 0 Å². The molecule has 0 radical (unpaired) electrons. The molecule has 0 atom stereocenters. The molecular formula is C21H29N3O. The molecule has 1 aliphatic heterocycles. The molecule has 25 heavy (non-hydrogen) atoms. The molecule has 2 aliphatic rings. The van der Waals surface area contributed by atoms with Crippen LogP contribution < -0.4 is 0 Å². The van der Waals surface area contributed by atoms with Crippen LogP contribution in [-0.4, -0.2) is 41.9 Å². The average molecular weight is 339 g/mol. The van der Waals surface area contributed by atoms with Gasteiger partial charge in [-0.25, -0.2) is 0 Å². The van der Waals surface area contributed by atoms with E-state index in [1.807, 2.05) is 18.2 Å². The first kappa shape index (κ1) is 17.9. The van der Waals surface area contributed by atoms with Crippen molar-refractivity contribution >= 4 is 5.91 Å². The van der Waals surface area contributed by atoms with E-state index in [0.717, 1.165) is 63.5 Å². The largest absolute Gasteiger partial charge is 0.341 e. The van der Waals surface area contributed by atoms with E-state index in [9.17, 15) is 4.79 Å². The van der Waals surface area contributed by atoms with Gasteiger partial charge in [0.1, 0.15) is 0 Å². The number of nitriles is 1. The molecule has 1 aliphatic carbocycles. The summed E-state index contributed by atoms with van der Waals surface area (Å²) in [5.41, 5.74) is 1.90. The van der Waals surface area contributed by atoms with E-state index in [1.165, 1.54) is 31.2 Å². The molecule has 2 fully saturated rings. The Morgan fingerprint density at radius 3 is 2.76 bits per heavy atom. The van der Waals surface area contributed by atoms with Gasteiger partial charge in [0.2, 0.25) is 5.91 Å². The minimum absolute atomic E-state index is 0.347. The maximum Gasteiger partial charge on any atom is 0.222 e. The minimum atomic E-state index is 0.347. The second-order valence-electron chi connectivity index (χ2n) is 7.51. The van der Waals surface area contributed by atoms with Crippen molar-refractivity contribution in [3.8, 4) is 6.07 Å². The van der Waals surface area contributed by atoms with Crippen molar-refractivity contribution in [3.63, 3.8) is 0 Å². The molecule has 134 valence electrons. The molecule has 1 heterocycles. The molecule has 0 unspecified atom stereocenters. The fourth-order valence-corrected chi connectivity index (χ4v) is 4.16. The van der Waals surface area contributed by atoms with Crippen molar-refractivity contribution < 1.29 is 4.79 Å². The number of benzene rings is 1. The van der Waals surface area contributed by atoms with E-state index < -0.39 is 0 Å². The zero-order valence-corrected chi connectivity index (χ0v) is 15.1. The van der Waals surface area contributed by atoms with E-state index >= 15 is 0 Å². The van der Waals surface area contributed by atoms with Crippen LogP contribution >= 0.6 is 0 Å². The molecule has 0 N–H and O–H groups in total. The Morgan fingerprint density at radius 1 is 1.12 bits per heavy atom. The summed E-state index contributed by atoms with van der Waals surface area (Å²) in [5, 5.41) is 9.03. The summed E-state index contributed by atoms with van der Waals surface area (Å²) >= 11 is 0. The summed E-state index contributed by atoms with van der Waals surface area (Å²) in [4.78, 5) is 17.0. The molecule has 0 aromatic heterocycles. The van der Waals surface area contributed by atoms with Gasteiger partial charge in [-0.3, -0.25) is 9.69 Å². The van der Waals surface area contributed by atoms with Crippen LogP contribution in [-0.2, 0) is 11.3 Å². The number of amides is 1. The third-order valence-electron chi connectivity index (χ3n) is 5.64. The van der Waals surface area contributed by atoms with Gasteiger partial charge in [0.05, 0.1) is 11.6 Å². The van der Waals surface area contributed by atoms with Crippen LogP contribution in [0.4, 0.5) is 0 Å². The third-order valence-corrected chi connectivity index (χ3v) is 5.64. The smallest absolute Gasteiger partial charge is 0.222 e. The van der Waals surface area contributed by atoms with Gasteiger partial charge in [0.25, 0.3) is 0 Å². The summed E-state index contributed by atoms with van der Waals surface area (Å²) in [6, 6.07) is 10.0. The van der Waals surface area contributed by atoms with E-state index in [2.05, 4.69) is 21.9 Å². The molecule has 1 aromatic carbocycles. The average Bonchev–Trinajstić information content (AvgIpc) is 3.05. The molecule has 3 rings (SSSR count). The molecule has 4 heteroatoms. The SMILES string of the molecule is N#Cc1cccc(CN2CCCN(C(=O)CCC3CCCC3)CC2)c1. The maximum atomic E-state index is 12.5. The first-order valence-electron chi connectivity index (χ1n) is 9.74. The standard InChI is InChI=1S/C21H29N3O/c22-16-19-7-3-8-20(15-19)17-23-11-4-12-24(14-13-23)21(25)10-9-18-5-1-2-6-18/h3,7-8,15,18H,1-2,4-6,9-14,17H2. The quantitative estimate of drug-likeness (QED) is 0.824. The van der Waals surface area contributed by atoms with Crippen LogP contribution in [0, 0.1) is 17.2 Å². The Balaban J connectivity index is 1.46. The van der Waals surface area contributed by atoms with E-state index in [4.69, 9.17) is 5.26 Å². The highest BCUT2D eigenvalue weighted by Crippen LogP contribution is 2.28. The highest BCUT2D eigenvalue weighted by Gasteiger charge is 2.21. The van der Waals surface area contributed by atoms with Gasteiger partial charge in [0, 0.05) is 39.1 Å². The Hall–Kier alpha value is -1.86. The van der Waals surface area contributed by atoms with Crippen LogP contribution in [0.5, 0.6) is 0 Å². The zero-order valence-electron chi connectivity index (χ0n) is 15.1. The number of nitrogens with zero attached hydrogens (tertiary/aromatic N) is 3. The number of carbonyl (C=O) groups is 1. The summed E-state index contributed by atoms with van der Waals surface area (Å²) in [5.74, 6) is 1.14. The van der Waals surface area contributed by atoms with Crippen LogP contribution in [0.15, 0.2) is 24.3 Å². The number of hydrogen-bond donors (Lipinski definition) is 0. The Bertz CT molecular complexity index is 616. The Morgan fingerprint density at radius 2 is 1.96 bits per heavy atom. The number of rotatable bonds is 5. The van der Waals surface area contributed by atoms with Gasteiger partial charge >= 0.3 is 0 Å². The number of hydrogen-bond acceptors (Lipinski definition) is 3. The molecule has 1 amide bonds.